The minimum Gasteiger partial charge on any atom is -0.315 e. The van der Waals surface area contributed by atoms with E-state index in [1.165, 1.54) is 0 Å². The fourth-order valence-electron chi connectivity index (χ4n) is 0.215. The van der Waals surface area contributed by atoms with Crippen molar-refractivity contribution in [2.24, 2.45) is 0 Å². The van der Waals surface area contributed by atoms with Crippen LogP contribution in [0.15, 0.2) is 0 Å². The Morgan fingerprint density at radius 2 is 1.38 bits per heavy atom. The molecular weight excluding hydrogens is 214 g/mol. The van der Waals surface area contributed by atoms with Crippen LogP contribution in [0.1, 0.15) is 6.92 Å². The van der Waals surface area contributed by atoms with Crippen LogP contribution in [0, 0.1) is 0 Å². The molecular formula is C3H3Cl3FeO. The van der Waals surface area contributed by atoms with Crippen molar-refractivity contribution in [1.82, 2.24) is 0 Å². The van der Waals surface area contributed by atoms with Gasteiger partial charge in [-0.15, -0.1) is 0 Å². The first-order valence-corrected chi connectivity index (χ1v) is 2.86. The summed E-state index contributed by atoms with van der Waals surface area (Å²) in [5.74, 6) is 0. The topological polar surface area (TPSA) is 12.5 Å². The molecule has 1 aliphatic rings. The second-order valence-electron chi connectivity index (χ2n) is 1.54. The van der Waals surface area contributed by atoms with E-state index >= 15 is 0 Å². The van der Waals surface area contributed by atoms with Crippen LogP contribution in [0.3, 0.4) is 0 Å². The SMILES string of the molecule is CC1(Cl)OC1(Cl)Cl.[Fe]. The van der Waals surface area contributed by atoms with Crippen LogP contribution in [0.4, 0.5) is 0 Å². The maximum absolute atomic E-state index is 5.45. The van der Waals surface area contributed by atoms with Gasteiger partial charge in [0.2, 0.25) is 0 Å². The molecule has 1 rings (SSSR count). The standard InChI is InChI=1S/C3H3Cl3O.Fe/c1-2(4)3(5,6)7-2;/h1H3;. The summed E-state index contributed by atoms with van der Waals surface area (Å²) in [6.45, 7) is 1.61. The molecule has 0 N–H and O–H groups in total. The maximum Gasteiger partial charge on any atom is 0.263 e. The molecule has 0 aromatic carbocycles. The molecule has 1 saturated heterocycles. The van der Waals surface area contributed by atoms with E-state index < -0.39 is 9.58 Å². The Hall–Kier alpha value is 1.35. The van der Waals surface area contributed by atoms with Gasteiger partial charge in [-0.3, -0.25) is 0 Å². The molecule has 0 aromatic rings. The molecule has 0 radical (unpaired) electrons. The Morgan fingerprint density at radius 1 is 1.25 bits per heavy atom. The molecule has 5 heteroatoms. The van der Waals surface area contributed by atoms with Crippen LogP contribution in [-0.2, 0) is 21.8 Å². The largest absolute Gasteiger partial charge is 0.315 e. The second-order valence-corrected chi connectivity index (χ2v) is 3.51. The predicted molar refractivity (Wildman–Crippen MR) is 29.8 cm³/mol. The Kier molecular flexibility index (Phi) is 2.56. The van der Waals surface area contributed by atoms with Gasteiger partial charge in [-0.1, -0.05) is 34.8 Å². The average Bonchev–Trinajstić information content (AvgIpc) is 1.63. The van der Waals surface area contributed by atoms with Gasteiger partial charge in [-0.25, -0.2) is 0 Å². The van der Waals surface area contributed by atoms with E-state index in [0.717, 1.165) is 0 Å². The third-order valence-corrected chi connectivity index (χ3v) is 2.21. The molecule has 0 aromatic heterocycles. The average molecular weight is 217 g/mol. The summed E-state index contributed by atoms with van der Waals surface area (Å²) in [6, 6.07) is 0. The van der Waals surface area contributed by atoms with Crippen molar-refractivity contribution in [1.29, 1.82) is 0 Å². The van der Waals surface area contributed by atoms with Gasteiger partial charge in [-0.2, -0.15) is 0 Å². The Morgan fingerprint density at radius 3 is 1.38 bits per heavy atom. The van der Waals surface area contributed by atoms with Gasteiger partial charge >= 0.3 is 0 Å². The maximum atomic E-state index is 5.45. The van der Waals surface area contributed by atoms with Gasteiger partial charge in [0.25, 0.3) is 4.52 Å². The number of rotatable bonds is 0. The zero-order valence-corrected chi connectivity index (χ0v) is 7.27. The van der Waals surface area contributed by atoms with Gasteiger partial charge in [0.05, 0.1) is 0 Å². The molecule has 8 heavy (non-hydrogen) atoms. The summed E-state index contributed by atoms with van der Waals surface area (Å²) >= 11 is 16.1. The Balaban J connectivity index is 0.000000490. The van der Waals surface area contributed by atoms with Crippen LogP contribution in [-0.4, -0.2) is 9.58 Å². The van der Waals surface area contributed by atoms with Gasteiger partial charge < -0.3 is 4.74 Å². The van der Waals surface area contributed by atoms with Crippen LogP contribution >= 0.6 is 34.8 Å². The van der Waals surface area contributed by atoms with Crippen molar-refractivity contribution in [2.45, 2.75) is 16.5 Å². The van der Waals surface area contributed by atoms with Crippen molar-refractivity contribution in [2.75, 3.05) is 0 Å². The van der Waals surface area contributed by atoms with Crippen molar-refractivity contribution in [3.63, 3.8) is 0 Å². The van der Waals surface area contributed by atoms with Crippen molar-refractivity contribution in [3.05, 3.63) is 0 Å². The number of halogens is 3. The zero-order chi connectivity index (χ0) is 5.71. The van der Waals surface area contributed by atoms with E-state index in [9.17, 15) is 0 Å². The molecule has 0 spiro atoms. The zero-order valence-electron chi connectivity index (χ0n) is 3.90. The smallest absolute Gasteiger partial charge is 0.263 e. The van der Waals surface area contributed by atoms with Crippen LogP contribution in [0.5, 0.6) is 0 Å². The van der Waals surface area contributed by atoms with E-state index in [0.29, 0.717) is 0 Å². The molecule has 0 bridgehead atoms. The summed E-state index contributed by atoms with van der Waals surface area (Å²) in [4.78, 5) is 0. The summed E-state index contributed by atoms with van der Waals surface area (Å²) in [6.07, 6.45) is 0. The summed E-state index contributed by atoms with van der Waals surface area (Å²) in [5.41, 5.74) is 0. The Labute approximate surface area is 73.1 Å². The first kappa shape index (κ1) is 9.35. The van der Waals surface area contributed by atoms with E-state index in [1.54, 1.807) is 6.92 Å². The third-order valence-electron chi connectivity index (χ3n) is 0.798. The monoisotopic (exact) mass is 216 g/mol. The third kappa shape index (κ3) is 1.44. The number of hydrogen-bond donors (Lipinski definition) is 0. The summed E-state index contributed by atoms with van der Waals surface area (Å²) < 4.78 is 3.44. The molecule has 0 saturated carbocycles. The Bertz CT molecular complexity index is 90.7. The normalized spacial score (nSPS) is 40.5. The van der Waals surface area contributed by atoms with Crippen LogP contribution in [0.2, 0.25) is 0 Å². The van der Waals surface area contributed by atoms with Crippen LogP contribution < -0.4 is 0 Å². The van der Waals surface area contributed by atoms with Crippen molar-refractivity contribution < 1.29 is 21.8 Å². The van der Waals surface area contributed by atoms with Crippen LogP contribution in [0.25, 0.3) is 0 Å². The van der Waals surface area contributed by atoms with E-state index in [-0.39, 0.29) is 17.1 Å². The molecule has 1 aliphatic heterocycles. The summed E-state index contributed by atoms with van der Waals surface area (Å²) in [7, 11) is 0. The fraction of sp³-hybridized carbons (Fsp3) is 1.00. The number of epoxide rings is 1. The second kappa shape index (κ2) is 2.19. The molecule has 1 unspecified atom stereocenters. The minimum absolute atomic E-state index is 0. The molecule has 1 heterocycles. The predicted octanol–water partition coefficient (Wildman–Crippen LogP) is 2.10. The van der Waals surface area contributed by atoms with Gasteiger partial charge in [-0.05, 0) is 6.92 Å². The molecule has 0 aliphatic carbocycles. The molecule has 50 valence electrons. The van der Waals surface area contributed by atoms with E-state index in [4.69, 9.17) is 34.8 Å². The summed E-state index contributed by atoms with van der Waals surface area (Å²) in [5, 5.41) is -0.851. The van der Waals surface area contributed by atoms with E-state index in [1.807, 2.05) is 0 Å². The number of hydrogen-bond acceptors (Lipinski definition) is 1. The number of ether oxygens (including phenoxy) is 1. The molecule has 1 fully saturated rings. The van der Waals surface area contributed by atoms with Crippen molar-refractivity contribution >= 4 is 34.8 Å². The first-order valence-electron chi connectivity index (χ1n) is 1.73. The molecule has 0 amide bonds. The van der Waals surface area contributed by atoms with Crippen molar-refractivity contribution in [3.8, 4) is 0 Å². The van der Waals surface area contributed by atoms with Gasteiger partial charge in [0.1, 0.15) is 0 Å². The number of alkyl halides is 3. The first-order chi connectivity index (χ1) is 2.96. The quantitative estimate of drug-likeness (QED) is 0.344. The molecule has 1 atom stereocenters. The van der Waals surface area contributed by atoms with Gasteiger partial charge in [0.15, 0.2) is 5.06 Å². The fourth-order valence-corrected chi connectivity index (χ4v) is 0.719. The molecule has 1 nitrogen and oxygen atoms in total. The van der Waals surface area contributed by atoms with Gasteiger partial charge in [0, 0.05) is 17.1 Å². The van der Waals surface area contributed by atoms with E-state index in [2.05, 4.69) is 4.74 Å². The minimum atomic E-state index is -1.14.